The summed E-state index contributed by atoms with van der Waals surface area (Å²) in [4.78, 5) is 44.1. The monoisotopic (exact) mass is 536 g/mol. The Balaban J connectivity index is 1.07. The maximum Gasteiger partial charge on any atom is 0.326 e. The maximum absolute atomic E-state index is 13.1. The summed E-state index contributed by atoms with van der Waals surface area (Å²) in [6, 6.07) is 22.6. The number of carbonyl (C=O) groups excluding carboxylic acids is 1. The molecule has 0 unspecified atom stereocenters. The zero-order valence-electron chi connectivity index (χ0n) is 22.5. The molecule has 1 amide bonds. The van der Waals surface area contributed by atoms with E-state index in [4.69, 9.17) is 4.42 Å². The highest BCUT2D eigenvalue weighted by Crippen LogP contribution is 2.28. The lowest BCUT2D eigenvalue weighted by Gasteiger charge is -2.32. The van der Waals surface area contributed by atoms with Crippen LogP contribution in [0.15, 0.2) is 86.8 Å². The molecule has 40 heavy (non-hydrogen) atoms. The van der Waals surface area contributed by atoms with E-state index in [0.717, 1.165) is 55.5 Å². The van der Waals surface area contributed by atoms with Crippen molar-refractivity contribution in [2.75, 3.05) is 26.2 Å². The number of carbonyl (C=O) groups is 1. The topological polar surface area (TPSA) is 100 Å². The first kappa shape index (κ1) is 25.8. The molecular formula is C32H32N4O4. The molecule has 1 aliphatic rings. The number of hydrogen-bond acceptors (Lipinski definition) is 5. The molecule has 8 nitrogen and oxygen atoms in total. The van der Waals surface area contributed by atoms with Gasteiger partial charge in [0.1, 0.15) is 5.76 Å². The molecule has 0 bridgehead atoms. The van der Waals surface area contributed by atoms with Gasteiger partial charge in [-0.3, -0.25) is 14.2 Å². The van der Waals surface area contributed by atoms with E-state index in [0.29, 0.717) is 34.4 Å². The van der Waals surface area contributed by atoms with Gasteiger partial charge in [-0.2, -0.15) is 0 Å². The number of aromatic amines is 1. The Hall–Kier alpha value is -4.43. The largest absolute Gasteiger partial charge is 0.455 e. The summed E-state index contributed by atoms with van der Waals surface area (Å²) in [5.74, 6) is 0.227. The van der Waals surface area contributed by atoms with Crippen LogP contribution in [0.4, 0.5) is 0 Å². The van der Waals surface area contributed by atoms with Gasteiger partial charge in [-0.15, -0.1) is 0 Å². The SMILES string of the molecule is Cc1c(-c2ccccc2)oc2c(C(=O)NCCCN3CCC(n4c(=O)[nH]c5ccccc54)CC3)cccc2c1=O. The van der Waals surface area contributed by atoms with Crippen molar-refractivity contribution in [1.82, 2.24) is 19.8 Å². The second-order valence-corrected chi connectivity index (χ2v) is 10.4. The van der Waals surface area contributed by atoms with Crippen molar-refractivity contribution in [2.24, 2.45) is 0 Å². The molecule has 0 aliphatic carbocycles. The highest BCUT2D eigenvalue weighted by atomic mass is 16.3. The van der Waals surface area contributed by atoms with Crippen LogP contribution in [0.2, 0.25) is 0 Å². The molecule has 1 aliphatic heterocycles. The molecule has 0 spiro atoms. The summed E-state index contributed by atoms with van der Waals surface area (Å²) < 4.78 is 8.10. The standard InChI is InChI=1S/C32H32N4O4/c1-21-28(37)24-11-7-12-25(30(24)40-29(21)22-9-3-2-4-10-22)31(38)33-17-8-18-35-19-15-23(16-20-35)36-27-14-6-5-13-26(27)34-32(36)39/h2-7,9-14,23H,8,15-20H2,1H3,(H,33,38)(H,34,39). The van der Waals surface area contributed by atoms with E-state index in [1.165, 1.54) is 0 Å². The number of fused-ring (bicyclic) bond motifs is 2. The summed E-state index contributed by atoms with van der Waals surface area (Å²) in [6.07, 6.45) is 2.62. The van der Waals surface area contributed by atoms with Crippen LogP contribution in [0.5, 0.6) is 0 Å². The third kappa shape index (κ3) is 4.86. The first-order valence-electron chi connectivity index (χ1n) is 13.8. The Morgan fingerprint density at radius 3 is 2.52 bits per heavy atom. The number of imidazole rings is 1. The molecule has 1 saturated heterocycles. The number of nitrogens with one attached hydrogen (secondary N) is 2. The molecular weight excluding hydrogens is 504 g/mol. The zero-order valence-corrected chi connectivity index (χ0v) is 22.5. The fourth-order valence-corrected chi connectivity index (χ4v) is 5.79. The fraction of sp³-hybridized carbons (Fsp3) is 0.281. The summed E-state index contributed by atoms with van der Waals surface area (Å²) in [5, 5.41) is 3.41. The minimum Gasteiger partial charge on any atom is -0.455 e. The van der Waals surface area contributed by atoms with Crippen LogP contribution in [0.1, 0.15) is 41.2 Å². The van der Waals surface area contributed by atoms with Crippen LogP contribution < -0.4 is 16.4 Å². The van der Waals surface area contributed by atoms with E-state index in [1.54, 1.807) is 25.1 Å². The number of hydrogen-bond donors (Lipinski definition) is 2. The van der Waals surface area contributed by atoms with Crippen LogP contribution in [0.3, 0.4) is 0 Å². The van der Waals surface area contributed by atoms with Gasteiger partial charge in [-0.25, -0.2) is 4.79 Å². The quantitative estimate of drug-likeness (QED) is 0.289. The van der Waals surface area contributed by atoms with Gasteiger partial charge >= 0.3 is 5.69 Å². The molecule has 5 aromatic rings. The van der Waals surface area contributed by atoms with Gasteiger partial charge in [0.05, 0.1) is 22.0 Å². The predicted octanol–water partition coefficient (Wildman–Crippen LogP) is 4.87. The van der Waals surface area contributed by atoms with Crippen LogP contribution in [0, 0.1) is 6.92 Å². The second-order valence-electron chi connectivity index (χ2n) is 10.4. The van der Waals surface area contributed by atoms with Crippen LogP contribution in [0.25, 0.3) is 33.3 Å². The number of H-pyrrole nitrogens is 1. The number of likely N-dealkylation sites (tertiary alicyclic amines) is 1. The van der Waals surface area contributed by atoms with Gasteiger partial charge in [-0.05, 0) is 57.0 Å². The van der Waals surface area contributed by atoms with E-state index in [1.807, 2.05) is 59.2 Å². The molecule has 0 saturated carbocycles. The van der Waals surface area contributed by atoms with Crippen molar-refractivity contribution >= 4 is 27.9 Å². The van der Waals surface area contributed by atoms with Crippen LogP contribution >= 0.6 is 0 Å². The number of para-hydroxylation sites is 3. The van der Waals surface area contributed by atoms with Crippen LogP contribution in [-0.2, 0) is 0 Å². The molecule has 0 radical (unpaired) electrons. The Morgan fingerprint density at radius 1 is 0.975 bits per heavy atom. The lowest BCUT2D eigenvalue weighted by atomic mass is 10.0. The van der Waals surface area contributed by atoms with Crippen molar-refractivity contribution in [3.8, 4) is 11.3 Å². The van der Waals surface area contributed by atoms with Gasteiger partial charge in [0, 0.05) is 36.8 Å². The van der Waals surface area contributed by atoms with Crippen molar-refractivity contribution < 1.29 is 9.21 Å². The predicted molar refractivity (Wildman–Crippen MR) is 157 cm³/mol. The molecule has 6 rings (SSSR count). The van der Waals surface area contributed by atoms with Gasteiger partial charge in [-0.1, -0.05) is 48.5 Å². The highest BCUT2D eigenvalue weighted by Gasteiger charge is 2.23. The number of rotatable bonds is 7. The minimum atomic E-state index is -0.256. The lowest BCUT2D eigenvalue weighted by molar-refractivity contribution is 0.0951. The summed E-state index contributed by atoms with van der Waals surface area (Å²) in [7, 11) is 0. The Labute approximate surface area is 231 Å². The highest BCUT2D eigenvalue weighted by molar-refractivity contribution is 6.05. The van der Waals surface area contributed by atoms with Gasteiger partial charge in [0.15, 0.2) is 11.0 Å². The van der Waals surface area contributed by atoms with E-state index in [2.05, 4.69) is 15.2 Å². The van der Waals surface area contributed by atoms with Crippen molar-refractivity contribution in [2.45, 2.75) is 32.2 Å². The Morgan fingerprint density at radius 2 is 1.73 bits per heavy atom. The molecule has 8 heteroatoms. The average Bonchev–Trinajstić information content (AvgIpc) is 3.33. The van der Waals surface area contributed by atoms with E-state index in [9.17, 15) is 14.4 Å². The third-order valence-electron chi connectivity index (χ3n) is 7.91. The third-order valence-corrected chi connectivity index (χ3v) is 7.91. The minimum absolute atomic E-state index is 0.0438. The molecule has 3 heterocycles. The van der Waals surface area contributed by atoms with E-state index in [-0.39, 0.29) is 23.1 Å². The molecule has 1 fully saturated rings. The number of benzene rings is 3. The molecule has 0 atom stereocenters. The van der Waals surface area contributed by atoms with Crippen molar-refractivity contribution in [3.63, 3.8) is 0 Å². The Bertz CT molecular complexity index is 1790. The number of piperidine rings is 1. The van der Waals surface area contributed by atoms with E-state index < -0.39 is 0 Å². The van der Waals surface area contributed by atoms with Crippen molar-refractivity contribution in [1.29, 1.82) is 0 Å². The Kier molecular flexibility index (Phi) is 7.09. The number of aromatic nitrogens is 2. The molecule has 2 N–H and O–H groups in total. The van der Waals surface area contributed by atoms with Gasteiger partial charge in [0.25, 0.3) is 5.91 Å². The number of amides is 1. The summed E-state index contributed by atoms with van der Waals surface area (Å²) in [5.41, 5.74) is 3.65. The zero-order chi connectivity index (χ0) is 27.6. The number of nitrogens with zero attached hydrogens (tertiary/aromatic N) is 2. The second kappa shape index (κ2) is 11.0. The normalized spacial score (nSPS) is 14.6. The van der Waals surface area contributed by atoms with Crippen molar-refractivity contribution in [3.05, 3.63) is 105 Å². The molecule has 204 valence electrons. The van der Waals surface area contributed by atoms with Gasteiger partial charge < -0.3 is 19.6 Å². The van der Waals surface area contributed by atoms with Gasteiger partial charge in [0.2, 0.25) is 0 Å². The van der Waals surface area contributed by atoms with E-state index >= 15 is 0 Å². The smallest absolute Gasteiger partial charge is 0.326 e. The first-order chi connectivity index (χ1) is 19.5. The molecule has 2 aromatic heterocycles. The first-order valence-corrected chi connectivity index (χ1v) is 13.8. The summed E-state index contributed by atoms with van der Waals surface area (Å²) in [6.45, 7) is 4.93. The average molecular weight is 537 g/mol. The maximum atomic E-state index is 13.1. The lowest BCUT2D eigenvalue weighted by Crippen LogP contribution is -2.38. The van der Waals surface area contributed by atoms with Crippen LogP contribution in [-0.4, -0.2) is 46.5 Å². The fourth-order valence-electron chi connectivity index (χ4n) is 5.79. The summed E-state index contributed by atoms with van der Waals surface area (Å²) >= 11 is 0. The molecule has 3 aromatic carbocycles.